The van der Waals surface area contributed by atoms with E-state index in [1.165, 1.54) is 11.8 Å². The standard InChI is InChI=1S/C10H17F2NO3/c1-3-16-5-8-4-10(11,12)6-13(8)7(2)9(14)15/h7-8H,3-6H2,1-2H3,(H,14,15)/t7-,8+/m0/s1. The first-order chi connectivity index (χ1) is 7.37. The van der Waals surface area contributed by atoms with Gasteiger partial charge in [0.2, 0.25) is 0 Å². The third-order valence-electron chi connectivity index (χ3n) is 2.79. The molecule has 6 heteroatoms. The first kappa shape index (κ1) is 13.3. The lowest BCUT2D eigenvalue weighted by atomic mass is 10.2. The van der Waals surface area contributed by atoms with E-state index in [4.69, 9.17) is 9.84 Å². The van der Waals surface area contributed by atoms with Gasteiger partial charge in [0.05, 0.1) is 13.2 Å². The molecule has 0 aromatic rings. The maximum atomic E-state index is 13.2. The Morgan fingerprint density at radius 2 is 2.31 bits per heavy atom. The van der Waals surface area contributed by atoms with Crippen LogP contribution in [-0.4, -0.2) is 53.7 Å². The molecule has 0 aromatic carbocycles. The molecule has 0 saturated carbocycles. The smallest absolute Gasteiger partial charge is 0.320 e. The van der Waals surface area contributed by atoms with Crippen molar-refractivity contribution in [3.8, 4) is 0 Å². The average molecular weight is 237 g/mol. The van der Waals surface area contributed by atoms with E-state index in [2.05, 4.69) is 0 Å². The molecule has 0 amide bonds. The average Bonchev–Trinajstić information content (AvgIpc) is 2.49. The summed E-state index contributed by atoms with van der Waals surface area (Å²) in [5.74, 6) is -3.90. The van der Waals surface area contributed by atoms with E-state index < -0.39 is 30.5 Å². The number of likely N-dealkylation sites (tertiary alicyclic amines) is 1. The number of alkyl halides is 2. The van der Waals surface area contributed by atoms with E-state index in [-0.39, 0.29) is 13.0 Å². The zero-order chi connectivity index (χ0) is 12.3. The molecular formula is C10H17F2NO3. The molecule has 0 radical (unpaired) electrons. The first-order valence-electron chi connectivity index (χ1n) is 5.31. The molecule has 1 fully saturated rings. The number of aliphatic carboxylic acids is 1. The van der Waals surface area contributed by atoms with Gasteiger partial charge in [-0.3, -0.25) is 9.69 Å². The van der Waals surface area contributed by atoms with E-state index in [0.717, 1.165) is 0 Å². The summed E-state index contributed by atoms with van der Waals surface area (Å²) in [6.07, 6.45) is -0.329. The largest absolute Gasteiger partial charge is 0.480 e. The molecule has 0 spiro atoms. The predicted octanol–water partition coefficient (Wildman–Crippen LogP) is 1.21. The van der Waals surface area contributed by atoms with Gasteiger partial charge in [0.25, 0.3) is 5.92 Å². The van der Waals surface area contributed by atoms with Gasteiger partial charge in [-0.05, 0) is 13.8 Å². The highest BCUT2D eigenvalue weighted by atomic mass is 19.3. The Morgan fingerprint density at radius 1 is 1.69 bits per heavy atom. The van der Waals surface area contributed by atoms with Gasteiger partial charge >= 0.3 is 5.97 Å². The fourth-order valence-corrected chi connectivity index (χ4v) is 1.93. The lowest BCUT2D eigenvalue weighted by molar-refractivity contribution is -0.143. The number of carboxylic acid groups (broad SMARTS) is 1. The van der Waals surface area contributed by atoms with Crippen LogP contribution in [-0.2, 0) is 9.53 Å². The Morgan fingerprint density at radius 3 is 2.81 bits per heavy atom. The molecule has 1 aliphatic heterocycles. The molecule has 1 N–H and O–H groups in total. The van der Waals surface area contributed by atoms with E-state index in [1.807, 2.05) is 0 Å². The third kappa shape index (κ3) is 3.12. The van der Waals surface area contributed by atoms with Crippen LogP contribution in [0.2, 0.25) is 0 Å². The summed E-state index contributed by atoms with van der Waals surface area (Å²) < 4.78 is 31.5. The molecule has 94 valence electrons. The zero-order valence-electron chi connectivity index (χ0n) is 9.45. The minimum absolute atomic E-state index is 0.156. The number of carboxylic acids is 1. The van der Waals surface area contributed by atoms with E-state index >= 15 is 0 Å². The summed E-state index contributed by atoms with van der Waals surface area (Å²) in [6.45, 7) is 3.29. The Kier molecular flexibility index (Phi) is 4.21. The number of nitrogens with zero attached hydrogens (tertiary/aromatic N) is 1. The van der Waals surface area contributed by atoms with Crippen LogP contribution in [0.15, 0.2) is 0 Å². The monoisotopic (exact) mass is 237 g/mol. The summed E-state index contributed by atoms with van der Waals surface area (Å²) in [7, 11) is 0. The summed E-state index contributed by atoms with van der Waals surface area (Å²) in [4.78, 5) is 12.1. The molecule has 1 aliphatic rings. The molecule has 0 aromatic heterocycles. The van der Waals surface area contributed by atoms with Gasteiger partial charge in [0.1, 0.15) is 6.04 Å². The lowest BCUT2D eigenvalue weighted by Gasteiger charge is -2.26. The van der Waals surface area contributed by atoms with Crippen LogP contribution in [0.4, 0.5) is 8.78 Å². The second-order valence-electron chi connectivity index (χ2n) is 4.06. The number of hydrogen-bond donors (Lipinski definition) is 1. The predicted molar refractivity (Wildman–Crippen MR) is 53.6 cm³/mol. The fraction of sp³-hybridized carbons (Fsp3) is 0.900. The minimum atomic E-state index is -2.81. The molecule has 2 atom stereocenters. The third-order valence-corrected chi connectivity index (χ3v) is 2.79. The molecule has 0 bridgehead atoms. The molecule has 1 heterocycles. The van der Waals surface area contributed by atoms with Crippen molar-refractivity contribution in [1.29, 1.82) is 0 Å². The number of ether oxygens (including phenoxy) is 1. The van der Waals surface area contributed by atoms with Crippen LogP contribution in [0.5, 0.6) is 0 Å². The van der Waals surface area contributed by atoms with Gasteiger partial charge < -0.3 is 9.84 Å². The van der Waals surface area contributed by atoms with Crippen molar-refractivity contribution < 1.29 is 23.4 Å². The Bertz CT molecular complexity index is 260. The van der Waals surface area contributed by atoms with E-state index in [9.17, 15) is 13.6 Å². The molecule has 1 saturated heterocycles. The van der Waals surface area contributed by atoms with Gasteiger partial charge in [0, 0.05) is 19.1 Å². The van der Waals surface area contributed by atoms with Gasteiger partial charge in [-0.25, -0.2) is 8.78 Å². The minimum Gasteiger partial charge on any atom is -0.480 e. The van der Waals surface area contributed by atoms with Crippen molar-refractivity contribution in [2.75, 3.05) is 19.8 Å². The Hall–Kier alpha value is -0.750. The van der Waals surface area contributed by atoms with Gasteiger partial charge in [-0.2, -0.15) is 0 Å². The van der Waals surface area contributed by atoms with Crippen molar-refractivity contribution in [2.24, 2.45) is 0 Å². The number of rotatable bonds is 5. The Balaban J connectivity index is 2.67. The normalized spacial score (nSPS) is 26.9. The molecular weight excluding hydrogens is 220 g/mol. The van der Waals surface area contributed by atoms with Crippen molar-refractivity contribution in [3.05, 3.63) is 0 Å². The van der Waals surface area contributed by atoms with E-state index in [1.54, 1.807) is 6.92 Å². The topological polar surface area (TPSA) is 49.8 Å². The van der Waals surface area contributed by atoms with Crippen LogP contribution >= 0.6 is 0 Å². The number of hydrogen-bond acceptors (Lipinski definition) is 3. The van der Waals surface area contributed by atoms with Crippen molar-refractivity contribution in [2.45, 2.75) is 38.3 Å². The van der Waals surface area contributed by atoms with Crippen LogP contribution in [0.25, 0.3) is 0 Å². The molecule has 16 heavy (non-hydrogen) atoms. The summed E-state index contributed by atoms with van der Waals surface area (Å²) in [5, 5.41) is 8.83. The summed E-state index contributed by atoms with van der Waals surface area (Å²) in [5.41, 5.74) is 0. The first-order valence-corrected chi connectivity index (χ1v) is 5.31. The highest BCUT2D eigenvalue weighted by Crippen LogP contribution is 2.33. The zero-order valence-corrected chi connectivity index (χ0v) is 9.45. The number of carbonyl (C=O) groups is 1. The van der Waals surface area contributed by atoms with Crippen LogP contribution in [0.1, 0.15) is 20.3 Å². The molecule has 1 rings (SSSR count). The van der Waals surface area contributed by atoms with Crippen LogP contribution in [0, 0.1) is 0 Å². The lowest BCUT2D eigenvalue weighted by Crippen LogP contribution is -2.44. The van der Waals surface area contributed by atoms with Gasteiger partial charge in [0.15, 0.2) is 0 Å². The van der Waals surface area contributed by atoms with Crippen LogP contribution in [0.3, 0.4) is 0 Å². The molecule has 4 nitrogen and oxygen atoms in total. The van der Waals surface area contributed by atoms with E-state index in [0.29, 0.717) is 6.61 Å². The Labute approximate surface area is 93.2 Å². The molecule has 0 aliphatic carbocycles. The molecule has 0 unspecified atom stereocenters. The van der Waals surface area contributed by atoms with Crippen molar-refractivity contribution in [1.82, 2.24) is 4.90 Å². The summed E-state index contributed by atoms with van der Waals surface area (Å²) in [6, 6.07) is -1.42. The fourth-order valence-electron chi connectivity index (χ4n) is 1.93. The summed E-state index contributed by atoms with van der Waals surface area (Å²) >= 11 is 0. The highest BCUT2D eigenvalue weighted by molar-refractivity contribution is 5.73. The van der Waals surface area contributed by atoms with Gasteiger partial charge in [-0.1, -0.05) is 0 Å². The van der Waals surface area contributed by atoms with Crippen LogP contribution < -0.4 is 0 Å². The maximum Gasteiger partial charge on any atom is 0.320 e. The van der Waals surface area contributed by atoms with Crippen molar-refractivity contribution >= 4 is 5.97 Å². The SMILES string of the molecule is CCOC[C@H]1CC(F)(F)CN1[C@@H](C)C(=O)O. The van der Waals surface area contributed by atoms with Gasteiger partial charge in [-0.15, -0.1) is 0 Å². The second kappa shape index (κ2) is 5.05. The maximum absolute atomic E-state index is 13.2. The second-order valence-corrected chi connectivity index (χ2v) is 4.06. The number of halogens is 2. The van der Waals surface area contributed by atoms with Crippen molar-refractivity contribution in [3.63, 3.8) is 0 Å². The highest BCUT2D eigenvalue weighted by Gasteiger charge is 2.47. The quantitative estimate of drug-likeness (QED) is 0.780.